The topological polar surface area (TPSA) is 132 Å². The van der Waals surface area contributed by atoms with Crippen molar-refractivity contribution in [1.29, 1.82) is 0 Å². The van der Waals surface area contributed by atoms with Crippen molar-refractivity contribution in [1.82, 2.24) is 5.43 Å². The molecule has 0 atom stereocenters. The molecule has 0 spiro atoms. The molecule has 0 aliphatic heterocycles. The van der Waals surface area contributed by atoms with Gasteiger partial charge >= 0.3 is 11.8 Å². The van der Waals surface area contributed by atoms with E-state index in [-0.39, 0.29) is 12.3 Å². The van der Waals surface area contributed by atoms with Crippen LogP contribution >= 0.6 is 11.6 Å². The zero-order valence-corrected chi connectivity index (χ0v) is 15.5. The first-order valence-corrected chi connectivity index (χ1v) is 8.26. The maximum atomic E-state index is 12.0. The molecule has 4 N–H and O–H groups in total. The van der Waals surface area contributed by atoms with Crippen LogP contribution in [0.15, 0.2) is 47.6 Å². The van der Waals surface area contributed by atoms with Gasteiger partial charge in [0.15, 0.2) is 6.61 Å². The Hall–Kier alpha value is -3.59. The van der Waals surface area contributed by atoms with Crippen LogP contribution in [0.5, 0.6) is 11.5 Å². The monoisotopic (exact) mass is 404 g/mol. The third kappa shape index (κ3) is 6.29. The third-order valence-electron chi connectivity index (χ3n) is 3.26. The van der Waals surface area contributed by atoms with E-state index in [4.69, 9.17) is 26.8 Å². The number of primary amides is 1. The number of carbonyl (C=O) groups excluding carboxylic acids is 3. The van der Waals surface area contributed by atoms with Crippen molar-refractivity contribution in [2.45, 2.75) is 0 Å². The van der Waals surface area contributed by atoms with Crippen molar-refractivity contribution >= 4 is 41.2 Å². The number of hydrazone groups is 1. The van der Waals surface area contributed by atoms with Gasteiger partial charge in [0.25, 0.3) is 5.91 Å². The van der Waals surface area contributed by atoms with E-state index < -0.39 is 17.7 Å². The fraction of sp³-hybridized carbons (Fsp3) is 0.111. The van der Waals surface area contributed by atoms with E-state index in [9.17, 15) is 14.4 Å². The van der Waals surface area contributed by atoms with Crippen molar-refractivity contribution in [2.75, 3.05) is 19.0 Å². The van der Waals surface area contributed by atoms with Crippen LogP contribution in [-0.4, -0.2) is 37.7 Å². The van der Waals surface area contributed by atoms with E-state index >= 15 is 0 Å². The minimum absolute atomic E-state index is 0.226. The predicted molar refractivity (Wildman–Crippen MR) is 104 cm³/mol. The smallest absolute Gasteiger partial charge is 0.329 e. The van der Waals surface area contributed by atoms with E-state index in [1.54, 1.807) is 36.4 Å². The fourth-order valence-corrected chi connectivity index (χ4v) is 2.15. The van der Waals surface area contributed by atoms with Crippen LogP contribution in [0.25, 0.3) is 0 Å². The van der Waals surface area contributed by atoms with E-state index in [0.29, 0.717) is 22.1 Å². The predicted octanol–water partition coefficient (Wildman–Crippen LogP) is 1.30. The van der Waals surface area contributed by atoms with Crippen LogP contribution in [0.4, 0.5) is 5.69 Å². The van der Waals surface area contributed by atoms with Gasteiger partial charge in [-0.2, -0.15) is 5.10 Å². The van der Waals surface area contributed by atoms with Gasteiger partial charge in [0.05, 0.1) is 19.0 Å². The third-order valence-corrected chi connectivity index (χ3v) is 3.49. The number of hydrogen-bond donors (Lipinski definition) is 3. The Bertz CT molecular complexity index is 899. The Morgan fingerprint density at radius 1 is 1.14 bits per heavy atom. The van der Waals surface area contributed by atoms with Crippen molar-refractivity contribution in [2.24, 2.45) is 10.8 Å². The molecule has 2 aromatic carbocycles. The molecule has 2 aromatic rings. The summed E-state index contributed by atoms with van der Waals surface area (Å²) in [4.78, 5) is 34.5. The highest BCUT2D eigenvalue weighted by atomic mass is 35.5. The minimum Gasteiger partial charge on any atom is -0.495 e. The van der Waals surface area contributed by atoms with Crippen LogP contribution < -0.4 is 25.9 Å². The Labute approximate surface area is 165 Å². The zero-order valence-electron chi connectivity index (χ0n) is 14.8. The maximum Gasteiger partial charge on any atom is 0.329 e. The SMILES string of the molecule is COc1ccc(Cl)cc1NC(=O)C(=O)NN=Cc1ccc(OCC(N)=O)cc1. The molecule has 0 aliphatic rings. The van der Waals surface area contributed by atoms with Crippen molar-refractivity contribution in [3.8, 4) is 11.5 Å². The molecular formula is C18H17ClN4O5. The average molecular weight is 405 g/mol. The molecule has 3 amide bonds. The lowest BCUT2D eigenvalue weighted by molar-refractivity contribution is -0.136. The number of ether oxygens (including phenoxy) is 2. The van der Waals surface area contributed by atoms with E-state index in [1.807, 2.05) is 0 Å². The molecule has 9 nitrogen and oxygen atoms in total. The van der Waals surface area contributed by atoms with Crippen LogP contribution in [0.3, 0.4) is 0 Å². The highest BCUT2D eigenvalue weighted by Gasteiger charge is 2.15. The van der Waals surface area contributed by atoms with E-state index in [0.717, 1.165) is 0 Å². The molecule has 0 radical (unpaired) electrons. The fourth-order valence-electron chi connectivity index (χ4n) is 1.98. The molecular weight excluding hydrogens is 388 g/mol. The zero-order chi connectivity index (χ0) is 20.5. The molecule has 0 bridgehead atoms. The number of methoxy groups -OCH3 is 1. The second kappa shape index (κ2) is 9.93. The lowest BCUT2D eigenvalue weighted by atomic mass is 10.2. The Kier molecular flexibility index (Phi) is 7.35. The summed E-state index contributed by atoms with van der Waals surface area (Å²) in [5.74, 6) is -1.68. The minimum atomic E-state index is -0.973. The summed E-state index contributed by atoms with van der Waals surface area (Å²) in [5.41, 5.74) is 7.98. The molecule has 0 aliphatic carbocycles. The van der Waals surface area contributed by atoms with Crippen molar-refractivity contribution < 1.29 is 23.9 Å². The molecule has 28 heavy (non-hydrogen) atoms. The van der Waals surface area contributed by atoms with Crippen molar-refractivity contribution in [3.05, 3.63) is 53.1 Å². The first kappa shape index (κ1) is 20.7. The number of carbonyl (C=O) groups is 3. The second-order valence-electron chi connectivity index (χ2n) is 5.32. The molecule has 2 rings (SSSR count). The van der Waals surface area contributed by atoms with Gasteiger partial charge in [-0.25, -0.2) is 5.43 Å². The van der Waals surface area contributed by atoms with Gasteiger partial charge in [-0.3, -0.25) is 14.4 Å². The number of nitrogens with two attached hydrogens (primary N) is 1. The van der Waals surface area contributed by atoms with Gasteiger partial charge in [0.1, 0.15) is 11.5 Å². The summed E-state index contributed by atoms with van der Waals surface area (Å²) in [6.07, 6.45) is 1.34. The number of nitrogens with one attached hydrogen (secondary N) is 2. The summed E-state index contributed by atoms with van der Waals surface area (Å²) >= 11 is 5.87. The highest BCUT2D eigenvalue weighted by Crippen LogP contribution is 2.27. The van der Waals surface area contributed by atoms with Gasteiger partial charge in [0, 0.05) is 5.02 Å². The summed E-state index contributed by atoms with van der Waals surface area (Å²) in [6, 6.07) is 11.1. The lowest BCUT2D eigenvalue weighted by Gasteiger charge is -2.09. The number of halogens is 1. The molecule has 0 heterocycles. The summed E-state index contributed by atoms with van der Waals surface area (Å²) in [6.45, 7) is -0.226. The molecule has 0 unspecified atom stereocenters. The molecule has 0 fully saturated rings. The molecule has 0 saturated heterocycles. The second-order valence-corrected chi connectivity index (χ2v) is 5.76. The highest BCUT2D eigenvalue weighted by molar-refractivity contribution is 6.40. The summed E-state index contributed by atoms with van der Waals surface area (Å²) in [5, 5.41) is 6.48. The molecule has 146 valence electrons. The first-order chi connectivity index (χ1) is 13.4. The van der Waals surface area contributed by atoms with Gasteiger partial charge < -0.3 is 20.5 Å². The Morgan fingerprint density at radius 2 is 1.86 bits per heavy atom. The van der Waals surface area contributed by atoms with Crippen molar-refractivity contribution in [3.63, 3.8) is 0 Å². The lowest BCUT2D eigenvalue weighted by Crippen LogP contribution is -2.32. The van der Waals surface area contributed by atoms with Crippen LogP contribution in [-0.2, 0) is 14.4 Å². The number of anilines is 1. The normalized spacial score (nSPS) is 10.4. The number of benzene rings is 2. The van der Waals surface area contributed by atoms with Crippen LogP contribution in [0.2, 0.25) is 5.02 Å². The number of hydrogen-bond acceptors (Lipinski definition) is 6. The first-order valence-electron chi connectivity index (χ1n) is 7.88. The molecule has 0 saturated carbocycles. The average Bonchev–Trinajstić information content (AvgIpc) is 2.67. The Balaban J connectivity index is 1.90. The number of amides is 3. The van der Waals surface area contributed by atoms with E-state index in [2.05, 4.69) is 15.8 Å². The van der Waals surface area contributed by atoms with Gasteiger partial charge in [-0.05, 0) is 48.0 Å². The molecule has 10 heteroatoms. The van der Waals surface area contributed by atoms with Gasteiger partial charge in [-0.1, -0.05) is 11.6 Å². The van der Waals surface area contributed by atoms with Gasteiger partial charge in [0.2, 0.25) is 0 Å². The van der Waals surface area contributed by atoms with Gasteiger partial charge in [-0.15, -0.1) is 0 Å². The number of nitrogens with zero attached hydrogens (tertiary/aromatic N) is 1. The molecule has 0 aromatic heterocycles. The summed E-state index contributed by atoms with van der Waals surface area (Å²) in [7, 11) is 1.42. The number of rotatable bonds is 7. The Morgan fingerprint density at radius 3 is 2.50 bits per heavy atom. The quantitative estimate of drug-likeness (QED) is 0.363. The maximum absolute atomic E-state index is 12.0. The van der Waals surface area contributed by atoms with Crippen LogP contribution in [0, 0.1) is 0 Å². The van der Waals surface area contributed by atoms with E-state index in [1.165, 1.54) is 19.4 Å². The largest absolute Gasteiger partial charge is 0.495 e. The summed E-state index contributed by atoms with van der Waals surface area (Å²) < 4.78 is 10.2. The standard InChI is InChI=1S/C18H17ClN4O5/c1-27-15-7-4-12(19)8-14(15)22-17(25)18(26)23-21-9-11-2-5-13(6-3-11)28-10-16(20)24/h2-9H,10H2,1H3,(H2,20,24)(H,22,25)(H,23,26). The van der Waals surface area contributed by atoms with Crippen LogP contribution in [0.1, 0.15) is 5.56 Å².